The first kappa shape index (κ1) is 8.99. The van der Waals surface area contributed by atoms with Gasteiger partial charge in [0.05, 0.1) is 26.0 Å². The lowest BCUT2D eigenvalue weighted by atomic mass is 10.4. The standard InChI is InChI=1S/C7H11FN2O2/c1-12-7-3-9-10(5-7)4-6(11)2-8/h3,5-6,11H,2,4H2,1H3. The number of methoxy groups -OCH3 is 1. The van der Waals surface area contributed by atoms with Gasteiger partial charge in [-0.1, -0.05) is 0 Å². The van der Waals surface area contributed by atoms with Gasteiger partial charge in [0.1, 0.15) is 12.8 Å². The fraction of sp³-hybridized carbons (Fsp3) is 0.571. The number of nitrogens with zero attached hydrogens (tertiary/aromatic N) is 2. The molecule has 0 aliphatic carbocycles. The first-order chi connectivity index (χ1) is 5.76. The van der Waals surface area contributed by atoms with Crippen molar-refractivity contribution in [2.45, 2.75) is 12.6 Å². The largest absolute Gasteiger partial charge is 0.493 e. The van der Waals surface area contributed by atoms with Gasteiger partial charge in [-0.2, -0.15) is 5.10 Å². The Bertz CT molecular complexity index is 239. The summed E-state index contributed by atoms with van der Waals surface area (Å²) in [7, 11) is 1.52. The molecule has 0 radical (unpaired) electrons. The molecule has 0 saturated carbocycles. The zero-order chi connectivity index (χ0) is 8.97. The van der Waals surface area contributed by atoms with Crippen LogP contribution in [0.5, 0.6) is 5.75 Å². The lowest BCUT2D eigenvalue weighted by Crippen LogP contribution is -2.17. The first-order valence-corrected chi connectivity index (χ1v) is 3.56. The molecule has 1 atom stereocenters. The van der Waals surface area contributed by atoms with Gasteiger partial charge in [0.15, 0.2) is 5.75 Å². The Morgan fingerprint density at radius 3 is 3.08 bits per heavy atom. The van der Waals surface area contributed by atoms with E-state index < -0.39 is 12.8 Å². The van der Waals surface area contributed by atoms with Crippen molar-refractivity contribution in [2.24, 2.45) is 0 Å². The molecule has 0 aliphatic rings. The minimum atomic E-state index is -0.991. The monoisotopic (exact) mass is 174 g/mol. The normalized spacial score (nSPS) is 12.9. The summed E-state index contributed by atoms with van der Waals surface area (Å²) in [6, 6.07) is 0. The van der Waals surface area contributed by atoms with Crippen LogP contribution in [0.3, 0.4) is 0 Å². The quantitative estimate of drug-likeness (QED) is 0.710. The number of alkyl halides is 1. The maximum Gasteiger partial charge on any atom is 0.156 e. The molecule has 4 nitrogen and oxygen atoms in total. The third kappa shape index (κ3) is 2.20. The minimum Gasteiger partial charge on any atom is -0.493 e. The van der Waals surface area contributed by atoms with Crippen molar-refractivity contribution in [3.63, 3.8) is 0 Å². The van der Waals surface area contributed by atoms with Crippen LogP contribution in [0.25, 0.3) is 0 Å². The fourth-order valence-corrected chi connectivity index (χ4v) is 0.815. The molecule has 1 heterocycles. The van der Waals surface area contributed by atoms with Crippen LogP contribution in [0.15, 0.2) is 12.4 Å². The van der Waals surface area contributed by atoms with E-state index in [1.165, 1.54) is 18.0 Å². The van der Waals surface area contributed by atoms with Gasteiger partial charge in [-0.25, -0.2) is 4.39 Å². The minimum absolute atomic E-state index is 0.153. The predicted octanol–water partition coefficient (Wildman–Crippen LogP) is 0.222. The van der Waals surface area contributed by atoms with Crippen LogP contribution in [-0.2, 0) is 6.54 Å². The van der Waals surface area contributed by atoms with Crippen LogP contribution in [0.4, 0.5) is 4.39 Å². The van der Waals surface area contributed by atoms with Gasteiger partial charge in [-0.05, 0) is 0 Å². The maximum atomic E-state index is 11.8. The fourth-order valence-electron chi connectivity index (χ4n) is 0.815. The Morgan fingerprint density at radius 2 is 2.58 bits per heavy atom. The van der Waals surface area contributed by atoms with E-state index in [4.69, 9.17) is 9.84 Å². The summed E-state index contributed by atoms with van der Waals surface area (Å²) in [5, 5.41) is 12.8. The molecule has 1 aromatic heterocycles. The molecule has 1 unspecified atom stereocenters. The Balaban J connectivity index is 2.52. The number of hydrogen-bond acceptors (Lipinski definition) is 3. The highest BCUT2D eigenvalue weighted by Crippen LogP contribution is 2.06. The molecule has 68 valence electrons. The number of aliphatic hydroxyl groups is 1. The van der Waals surface area contributed by atoms with E-state index in [1.54, 1.807) is 6.20 Å². The van der Waals surface area contributed by atoms with Crippen molar-refractivity contribution in [1.29, 1.82) is 0 Å². The Labute approximate surface area is 69.6 Å². The average molecular weight is 174 g/mol. The maximum absolute atomic E-state index is 11.8. The molecule has 0 saturated heterocycles. The van der Waals surface area contributed by atoms with Crippen LogP contribution in [0.2, 0.25) is 0 Å². The van der Waals surface area contributed by atoms with Gasteiger partial charge in [-0.3, -0.25) is 4.68 Å². The van der Waals surface area contributed by atoms with Crippen LogP contribution < -0.4 is 4.74 Å². The topological polar surface area (TPSA) is 47.3 Å². The highest BCUT2D eigenvalue weighted by atomic mass is 19.1. The van der Waals surface area contributed by atoms with Crippen molar-refractivity contribution in [1.82, 2.24) is 9.78 Å². The van der Waals surface area contributed by atoms with Crippen LogP contribution in [-0.4, -0.2) is 34.8 Å². The smallest absolute Gasteiger partial charge is 0.156 e. The third-order valence-corrected chi connectivity index (χ3v) is 1.42. The van der Waals surface area contributed by atoms with E-state index in [9.17, 15) is 4.39 Å². The molecule has 0 bridgehead atoms. The van der Waals surface area contributed by atoms with Crippen molar-refractivity contribution in [3.8, 4) is 5.75 Å². The summed E-state index contributed by atoms with van der Waals surface area (Å²) in [5.74, 6) is 0.598. The van der Waals surface area contributed by atoms with Gasteiger partial charge < -0.3 is 9.84 Å². The zero-order valence-electron chi connectivity index (χ0n) is 6.77. The van der Waals surface area contributed by atoms with Crippen LogP contribution in [0.1, 0.15) is 0 Å². The molecule has 0 amide bonds. The van der Waals surface area contributed by atoms with Crippen molar-refractivity contribution < 1.29 is 14.2 Å². The molecular formula is C7H11FN2O2. The van der Waals surface area contributed by atoms with Gasteiger partial charge in [-0.15, -0.1) is 0 Å². The molecule has 12 heavy (non-hydrogen) atoms. The molecule has 5 heteroatoms. The van der Waals surface area contributed by atoms with Crippen LogP contribution in [0, 0.1) is 0 Å². The molecule has 1 aromatic rings. The SMILES string of the molecule is COc1cnn(CC(O)CF)c1. The number of ether oxygens (including phenoxy) is 1. The second kappa shape index (κ2) is 4.06. The highest BCUT2D eigenvalue weighted by Gasteiger charge is 2.05. The van der Waals surface area contributed by atoms with Gasteiger partial charge in [0.25, 0.3) is 0 Å². The molecular weight excluding hydrogens is 163 g/mol. The Morgan fingerprint density at radius 1 is 1.83 bits per heavy atom. The van der Waals surface area contributed by atoms with E-state index in [1.807, 2.05) is 0 Å². The van der Waals surface area contributed by atoms with Gasteiger partial charge in [0.2, 0.25) is 0 Å². The molecule has 0 fully saturated rings. The second-order valence-corrected chi connectivity index (χ2v) is 2.41. The van der Waals surface area contributed by atoms with Crippen molar-refractivity contribution in [3.05, 3.63) is 12.4 Å². The number of halogens is 1. The Hall–Kier alpha value is -1.10. The second-order valence-electron chi connectivity index (χ2n) is 2.41. The molecule has 0 aliphatic heterocycles. The number of aromatic nitrogens is 2. The summed E-state index contributed by atoms with van der Waals surface area (Å²) < 4.78 is 18.1. The molecule has 1 N–H and O–H groups in total. The van der Waals surface area contributed by atoms with E-state index in [0.29, 0.717) is 5.75 Å². The van der Waals surface area contributed by atoms with Gasteiger partial charge >= 0.3 is 0 Å². The average Bonchev–Trinajstić information content (AvgIpc) is 2.52. The summed E-state index contributed by atoms with van der Waals surface area (Å²) in [6.45, 7) is -0.609. The van der Waals surface area contributed by atoms with Crippen molar-refractivity contribution in [2.75, 3.05) is 13.8 Å². The highest BCUT2D eigenvalue weighted by molar-refractivity contribution is 5.11. The predicted molar refractivity (Wildman–Crippen MR) is 40.8 cm³/mol. The third-order valence-electron chi connectivity index (χ3n) is 1.42. The lowest BCUT2D eigenvalue weighted by Gasteiger charge is -2.04. The summed E-state index contributed by atoms with van der Waals surface area (Å²) in [4.78, 5) is 0. The molecule has 0 spiro atoms. The van der Waals surface area contributed by atoms with E-state index in [0.717, 1.165) is 0 Å². The van der Waals surface area contributed by atoms with E-state index >= 15 is 0 Å². The number of hydrogen-bond donors (Lipinski definition) is 1. The summed E-state index contributed by atoms with van der Waals surface area (Å²) >= 11 is 0. The molecule has 0 aromatic carbocycles. The summed E-state index contributed by atoms with van der Waals surface area (Å²) in [5.41, 5.74) is 0. The van der Waals surface area contributed by atoms with Crippen molar-refractivity contribution >= 4 is 0 Å². The van der Waals surface area contributed by atoms with E-state index in [2.05, 4.69) is 5.10 Å². The van der Waals surface area contributed by atoms with E-state index in [-0.39, 0.29) is 6.54 Å². The molecule has 1 rings (SSSR count). The number of rotatable bonds is 4. The zero-order valence-corrected chi connectivity index (χ0v) is 6.77. The summed E-state index contributed by atoms with van der Waals surface area (Å²) in [6.07, 6.45) is 2.11. The number of aliphatic hydroxyl groups excluding tert-OH is 1. The first-order valence-electron chi connectivity index (χ1n) is 3.56. The lowest BCUT2D eigenvalue weighted by molar-refractivity contribution is 0.118. The van der Waals surface area contributed by atoms with Gasteiger partial charge in [0, 0.05) is 0 Å². The Kier molecular flexibility index (Phi) is 3.04. The van der Waals surface area contributed by atoms with Crippen LogP contribution >= 0.6 is 0 Å².